The highest BCUT2D eigenvalue weighted by molar-refractivity contribution is 7.16. The number of pyridine rings is 1. The van der Waals surface area contributed by atoms with E-state index in [0.717, 1.165) is 44.2 Å². The number of nitrogens with one attached hydrogen (secondary N) is 2. The van der Waals surface area contributed by atoms with Gasteiger partial charge in [-0.2, -0.15) is 0 Å². The van der Waals surface area contributed by atoms with Crippen LogP contribution in [0.15, 0.2) is 41.9 Å². The van der Waals surface area contributed by atoms with Crippen LogP contribution < -0.4 is 10.6 Å². The molecule has 5 nitrogen and oxygen atoms in total. The Morgan fingerprint density at radius 2 is 2.00 bits per heavy atom. The minimum atomic E-state index is -0.355. The molecule has 4 aromatic rings. The predicted octanol–water partition coefficient (Wildman–Crippen LogP) is 6.47. The van der Waals surface area contributed by atoms with Gasteiger partial charge in [0.15, 0.2) is 5.13 Å². The Morgan fingerprint density at radius 1 is 1.13 bits per heavy atom. The Morgan fingerprint density at radius 3 is 2.70 bits per heavy atom. The molecular formula is C21H19ClFN5S2. The quantitative estimate of drug-likeness (QED) is 0.331. The lowest BCUT2D eigenvalue weighted by molar-refractivity contribution is 0.630. The van der Waals surface area contributed by atoms with Gasteiger partial charge in [-0.3, -0.25) is 0 Å². The number of anilines is 3. The molecule has 0 aliphatic heterocycles. The van der Waals surface area contributed by atoms with E-state index in [9.17, 15) is 4.39 Å². The van der Waals surface area contributed by atoms with E-state index in [-0.39, 0.29) is 5.82 Å². The van der Waals surface area contributed by atoms with Crippen LogP contribution in [0.2, 0.25) is 5.02 Å². The van der Waals surface area contributed by atoms with E-state index in [1.54, 1.807) is 23.5 Å². The van der Waals surface area contributed by atoms with Crippen LogP contribution in [0.1, 0.15) is 16.3 Å². The molecule has 0 radical (unpaired) electrons. The zero-order chi connectivity index (χ0) is 21.1. The molecule has 3 aromatic heterocycles. The van der Waals surface area contributed by atoms with Crippen LogP contribution >= 0.6 is 34.3 Å². The lowest BCUT2D eigenvalue weighted by Gasteiger charge is -2.08. The minimum Gasteiger partial charge on any atom is -0.382 e. The molecule has 0 spiro atoms. The van der Waals surface area contributed by atoms with E-state index in [1.807, 2.05) is 37.6 Å². The van der Waals surface area contributed by atoms with Crippen molar-refractivity contribution in [3.63, 3.8) is 0 Å². The van der Waals surface area contributed by atoms with Crippen LogP contribution in [0.3, 0.4) is 0 Å². The lowest BCUT2D eigenvalue weighted by Crippen LogP contribution is -2.06. The number of hydrogen-bond donors (Lipinski definition) is 2. The number of aromatic nitrogens is 3. The molecule has 1 aromatic carbocycles. The van der Waals surface area contributed by atoms with Crippen molar-refractivity contribution in [1.82, 2.24) is 15.0 Å². The number of hydrogen-bond acceptors (Lipinski definition) is 7. The van der Waals surface area contributed by atoms with E-state index in [0.29, 0.717) is 17.3 Å². The monoisotopic (exact) mass is 459 g/mol. The lowest BCUT2D eigenvalue weighted by atomic mass is 10.2. The summed E-state index contributed by atoms with van der Waals surface area (Å²) in [6.45, 7) is 4.60. The molecule has 2 N–H and O–H groups in total. The highest BCUT2D eigenvalue weighted by Crippen LogP contribution is 2.32. The van der Waals surface area contributed by atoms with Crippen molar-refractivity contribution >= 4 is 50.9 Å². The van der Waals surface area contributed by atoms with E-state index < -0.39 is 0 Å². The van der Waals surface area contributed by atoms with Crippen molar-refractivity contribution in [3.05, 3.63) is 69.0 Å². The minimum absolute atomic E-state index is 0.355. The molecule has 0 fully saturated rings. The second kappa shape index (κ2) is 9.07. The molecule has 0 aliphatic rings. The summed E-state index contributed by atoms with van der Waals surface area (Å²) in [6, 6.07) is 8.52. The number of rotatable bonds is 7. The van der Waals surface area contributed by atoms with Gasteiger partial charge in [0.05, 0.1) is 27.0 Å². The SMILES string of the molecule is Cc1nc(C)c(-c2csc(Nc3ccc(CCNc4ccc(Cl)cc4F)cn3)n2)s1. The van der Waals surface area contributed by atoms with Crippen molar-refractivity contribution in [1.29, 1.82) is 0 Å². The van der Waals surface area contributed by atoms with Crippen molar-refractivity contribution in [2.75, 3.05) is 17.2 Å². The summed E-state index contributed by atoms with van der Waals surface area (Å²) in [5, 5.41) is 10.6. The number of nitrogens with zero attached hydrogens (tertiary/aromatic N) is 3. The van der Waals surface area contributed by atoms with Crippen LogP contribution in [-0.4, -0.2) is 21.5 Å². The largest absolute Gasteiger partial charge is 0.382 e. The first-order valence-electron chi connectivity index (χ1n) is 9.29. The molecule has 3 heterocycles. The molecule has 9 heteroatoms. The van der Waals surface area contributed by atoms with E-state index in [4.69, 9.17) is 11.6 Å². The first kappa shape index (κ1) is 20.7. The molecule has 0 amide bonds. The summed E-state index contributed by atoms with van der Waals surface area (Å²) < 4.78 is 13.8. The highest BCUT2D eigenvalue weighted by atomic mass is 35.5. The number of benzene rings is 1. The average molecular weight is 460 g/mol. The molecule has 154 valence electrons. The summed E-state index contributed by atoms with van der Waals surface area (Å²) in [7, 11) is 0. The second-order valence-electron chi connectivity index (χ2n) is 6.66. The van der Waals surface area contributed by atoms with Gasteiger partial charge in [0.2, 0.25) is 0 Å². The molecule has 0 unspecified atom stereocenters. The Balaban J connectivity index is 1.33. The first-order valence-corrected chi connectivity index (χ1v) is 11.4. The van der Waals surface area contributed by atoms with Crippen LogP contribution in [0, 0.1) is 19.7 Å². The van der Waals surface area contributed by atoms with Crippen LogP contribution in [0.25, 0.3) is 10.6 Å². The average Bonchev–Trinajstić information content (AvgIpc) is 3.30. The van der Waals surface area contributed by atoms with Gasteiger partial charge in [-0.1, -0.05) is 17.7 Å². The zero-order valence-electron chi connectivity index (χ0n) is 16.4. The van der Waals surface area contributed by atoms with Gasteiger partial charge in [0.25, 0.3) is 0 Å². The zero-order valence-corrected chi connectivity index (χ0v) is 18.8. The van der Waals surface area contributed by atoms with Crippen LogP contribution in [0.4, 0.5) is 21.0 Å². The summed E-state index contributed by atoms with van der Waals surface area (Å²) in [4.78, 5) is 14.7. The number of thiazole rings is 2. The summed E-state index contributed by atoms with van der Waals surface area (Å²) >= 11 is 8.96. The Kier molecular flexibility index (Phi) is 6.26. The summed E-state index contributed by atoms with van der Waals surface area (Å²) in [5.41, 5.74) is 3.43. The smallest absolute Gasteiger partial charge is 0.188 e. The third-order valence-corrected chi connectivity index (χ3v) is 6.45. The molecule has 0 saturated carbocycles. The van der Waals surface area contributed by atoms with Crippen molar-refractivity contribution in [2.24, 2.45) is 0 Å². The number of aryl methyl sites for hydroxylation is 2. The Hall–Kier alpha value is -2.55. The molecule has 0 atom stereocenters. The topological polar surface area (TPSA) is 62.7 Å². The first-order chi connectivity index (χ1) is 14.5. The van der Waals surface area contributed by atoms with Crippen LogP contribution in [0.5, 0.6) is 0 Å². The van der Waals surface area contributed by atoms with E-state index in [2.05, 4.69) is 25.6 Å². The summed E-state index contributed by atoms with van der Waals surface area (Å²) in [6.07, 6.45) is 2.54. The normalized spacial score (nSPS) is 10.9. The number of halogens is 2. The molecule has 0 saturated heterocycles. The second-order valence-corrected chi connectivity index (χ2v) is 9.16. The van der Waals surface area contributed by atoms with Gasteiger partial charge in [0.1, 0.15) is 11.6 Å². The van der Waals surface area contributed by atoms with Gasteiger partial charge >= 0.3 is 0 Å². The molecule has 30 heavy (non-hydrogen) atoms. The standard InChI is InChI=1S/C21H19ClFN5S2/c1-12-20(30-13(2)26-12)18-11-29-21(27-18)28-19-6-3-14(10-25-19)7-8-24-17-5-4-15(22)9-16(17)23/h3-6,9-11,24H,7-8H2,1-2H3,(H,25,27,28). The molecular weight excluding hydrogens is 441 g/mol. The maximum Gasteiger partial charge on any atom is 0.188 e. The molecule has 4 rings (SSSR count). The maximum atomic E-state index is 13.8. The van der Waals surface area contributed by atoms with Gasteiger partial charge in [0, 0.05) is 23.1 Å². The van der Waals surface area contributed by atoms with Crippen LogP contribution in [-0.2, 0) is 6.42 Å². The predicted molar refractivity (Wildman–Crippen MR) is 124 cm³/mol. The van der Waals surface area contributed by atoms with Gasteiger partial charge in [-0.15, -0.1) is 22.7 Å². The third-order valence-electron chi connectivity index (χ3n) is 4.36. The molecule has 0 bridgehead atoms. The van der Waals surface area contributed by atoms with Gasteiger partial charge in [-0.25, -0.2) is 19.3 Å². The van der Waals surface area contributed by atoms with Crippen molar-refractivity contribution in [3.8, 4) is 10.6 Å². The third kappa shape index (κ3) is 4.95. The summed E-state index contributed by atoms with van der Waals surface area (Å²) in [5.74, 6) is 0.375. The Labute approximate surface area is 187 Å². The Bertz CT molecular complexity index is 1160. The van der Waals surface area contributed by atoms with E-state index >= 15 is 0 Å². The molecule has 0 aliphatic carbocycles. The van der Waals surface area contributed by atoms with Crippen molar-refractivity contribution in [2.45, 2.75) is 20.3 Å². The van der Waals surface area contributed by atoms with Gasteiger partial charge in [-0.05, 0) is 50.1 Å². The van der Waals surface area contributed by atoms with E-state index in [1.165, 1.54) is 17.4 Å². The van der Waals surface area contributed by atoms with Gasteiger partial charge < -0.3 is 10.6 Å². The fraction of sp³-hybridized carbons (Fsp3) is 0.190. The maximum absolute atomic E-state index is 13.8. The fourth-order valence-corrected chi connectivity index (χ4v) is 4.76. The highest BCUT2D eigenvalue weighted by Gasteiger charge is 2.12. The van der Waals surface area contributed by atoms with Crippen molar-refractivity contribution < 1.29 is 4.39 Å². The fourth-order valence-electron chi connectivity index (χ4n) is 2.93.